The Bertz CT molecular complexity index is 1710. The molecule has 45 heavy (non-hydrogen) atoms. The van der Waals surface area contributed by atoms with Crippen LogP contribution in [-0.4, -0.2) is 43.3 Å². The van der Waals surface area contributed by atoms with Gasteiger partial charge in [0.25, 0.3) is 10.0 Å². The van der Waals surface area contributed by atoms with E-state index in [0.29, 0.717) is 10.6 Å². The molecule has 1 atom stereocenters. The Balaban J connectivity index is 1.81. The summed E-state index contributed by atoms with van der Waals surface area (Å²) in [5, 5.41) is 3.50. The number of nitrogens with zero attached hydrogens (tertiary/aromatic N) is 2. The summed E-state index contributed by atoms with van der Waals surface area (Å²) in [7, 11) is -4.28. The molecule has 1 N–H and O–H groups in total. The number of aryl methyl sites for hydroxylation is 1. The first kappa shape index (κ1) is 33.7. The molecule has 0 aliphatic heterocycles. The number of hydrogen-bond acceptors (Lipinski definition) is 4. The summed E-state index contributed by atoms with van der Waals surface area (Å²) >= 11 is 6.12. The molecule has 0 radical (unpaired) electrons. The van der Waals surface area contributed by atoms with Crippen LogP contribution in [0.4, 0.5) is 10.1 Å². The second-order valence-electron chi connectivity index (χ2n) is 11.9. The monoisotopic (exact) mass is 649 g/mol. The standard InChI is InChI=1S/C35H37ClFN3O4S/c1-25-10-20-31(21-11-25)45(43,44)40(30-18-16-29(37)17-19-30)24-33(41)39(23-27-12-14-28(36)15-13-27)32(34(42)38-35(2,3)4)22-26-8-6-5-7-9-26/h5-21,32H,22-24H2,1-4H3,(H,38,42)/t32-/m0/s1. The van der Waals surface area contributed by atoms with Gasteiger partial charge in [-0.25, -0.2) is 12.8 Å². The molecule has 2 amide bonds. The van der Waals surface area contributed by atoms with Gasteiger partial charge >= 0.3 is 0 Å². The number of benzene rings is 4. The maximum absolute atomic E-state index is 14.4. The fraction of sp³-hybridized carbons (Fsp3) is 0.257. The lowest BCUT2D eigenvalue weighted by Crippen LogP contribution is -2.56. The van der Waals surface area contributed by atoms with Crippen LogP contribution in [0.15, 0.2) is 108 Å². The summed E-state index contributed by atoms with van der Waals surface area (Å²) < 4.78 is 42.9. The summed E-state index contributed by atoms with van der Waals surface area (Å²) in [6.45, 7) is 6.75. The van der Waals surface area contributed by atoms with Crippen molar-refractivity contribution < 1.29 is 22.4 Å². The Hall–Kier alpha value is -4.21. The summed E-state index contributed by atoms with van der Waals surface area (Å²) in [6, 6.07) is 26.3. The molecule has 4 aromatic carbocycles. The van der Waals surface area contributed by atoms with Crippen LogP contribution in [-0.2, 0) is 32.6 Å². The van der Waals surface area contributed by atoms with E-state index in [1.165, 1.54) is 29.2 Å². The molecule has 0 aliphatic rings. The zero-order chi connectivity index (χ0) is 32.8. The van der Waals surface area contributed by atoms with Gasteiger partial charge in [0.2, 0.25) is 11.8 Å². The van der Waals surface area contributed by atoms with Crippen molar-refractivity contribution in [2.45, 2.75) is 57.1 Å². The minimum atomic E-state index is -4.28. The lowest BCUT2D eigenvalue weighted by atomic mass is 10.0. The number of carbonyl (C=O) groups is 2. The van der Waals surface area contributed by atoms with E-state index in [9.17, 15) is 22.4 Å². The first-order chi connectivity index (χ1) is 21.2. The molecule has 0 unspecified atom stereocenters. The van der Waals surface area contributed by atoms with Gasteiger partial charge < -0.3 is 10.2 Å². The van der Waals surface area contributed by atoms with E-state index in [2.05, 4.69) is 5.32 Å². The van der Waals surface area contributed by atoms with E-state index in [1.807, 2.05) is 58.0 Å². The molecular formula is C35H37ClFN3O4S. The van der Waals surface area contributed by atoms with Crippen molar-refractivity contribution in [3.05, 3.63) is 131 Å². The Morgan fingerprint density at radius 1 is 0.844 bits per heavy atom. The van der Waals surface area contributed by atoms with Crippen molar-refractivity contribution in [3.8, 4) is 0 Å². The van der Waals surface area contributed by atoms with Crippen LogP contribution >= 0.6 is 11.6 Å². The predicted molar refractivity (Wildman–Crippen MR) is 176 cm³/mol. The molecule has 4 aromatic rings. The number of rotatable bonds is 11. The van der Waals surface area contributed by atoms with E-state index in [1.54, 1.807) is 36.4 Å². The summed E-state index contributed by atoms with van der Waals surface area (Å²) in [5.74, 6) is -1.55. The highest BCUT2D eigenvalue weighted by molar-refractivity contribution is 7.92. The molecule has 0 spiro atoms. The van der Waals surface area contributed by atoms with Crippen molar-refractivity contribution in [1.82, 2.24) is 10.2 Å². The molecular weight excluding hydrogens is 613 g/mol. The normalized spacial score (nSPS) is 12.3. The lowest BCUT2D eigenvalue weighted by Gasteiger charge is -2.35. The largest absolute Gasteiger partial charge is 0.350 e. The summed E-state index contributed by atoms with van der Waals surface area (Å²) in [4.78, 5) is 29.7. The smallest absolute Gasteiger partial charge is 0.264 e. The van der Waals surface area contributed by atoms with E-state index in [0.717, 1.165) is 27.6 Å². The Morgan fingerprint density at radius 2 is 1.44 bits per heavy atom. The third kappa shape index (κ3) is 9.15. The maximum Gasteiger partial charge on any atom is 0.264 e. The van der Waals surface area contributed by atoms with Crippen LogP contribution in [0.2, 0.25) is 5.02 Å². The third-order valence-corrected chi connectivity index (χ3v) is 9.08. The highest BCUT2D eigenvalue weighted by Crippen LogP contribution is 2.26. The van der Waals surface area contributed by atoms with Crippen LogP contribution in [0.1, 0.15) is 37.5 Å². The summed E-state index contributed by atoms with van der Waals surface area (Å²) in [6.07, 6.45) is 0.184. The molecule has 0 heterocycles. The van der Waals surface area contributed by atoms with Gasteiger partial charge in [-0.15, -0.1) is 0 Å². The summed E-state index contributed by atoms with van der Waals surface area (Å²) in [5.41, 5.74) is 1.89. The third-order valence-electron chi connectivity index (χ3n) is 7.04. The van der Waals surface area contributed by atoms with Crippen LogP contribution in [0.3, 0.4) is 0 Å². The van der Waals surface area contributed by atoms with E-state index in [-0.39, 0.29) is 29.5 Å². The molecule has 0 saturated carbocycles. The average molecular weight is 650 g/mol. The minimum Gasteiger partial charge on any atom is -0.350 e. The quantitative estimate of drug-likeness (QED) is 0.200. The first-order valence-corrected chi connectivity index (χ1v) is 16.3. The SMILES string of the molecule is Cc1ccc(S(=O)(=O)N(CC(=O)N(Cc2ccc(Cl)cc2)[C@@H](Cc2ccccc2)C(=O)NC(C)(C)C)c2ccc(F)cc2)cc1. The van der Waals surface area contributed by atoms with Gasteiger partial charge in [0.15, 0.2) is 0 Å². The van der Waals surface area contributed by atoms with Crippen molar-refractivity contribution >= 4 is 39.1 Å². The molecule has 0 saturated heterocycles. The van der Waals surface area contributed by atoms with E-state index < -0.39 is 39.9 Å². The first-order valence-electron chi connectivity index (χ1n) is 14.5. The fourth-order valence-corrected chi connectivity index (χ4v) is 6.31. The molecule has 0 aliphatic carbocycles. The van der Waals surface area contributed by atoms with Crippen molar-refractivity contribution in [2.24, 2.45) is 0 Å². The number of anilines is 1. The number of sulfonamides is 1. The van der Waals surface area contributed by atoms with Gasteiger partial charge in [-0.3, -0.25) is 13.9 Å². The van der Waals surface area contributed by atoms with Crippen molar-refractivity contribution in [3.63, 3.8) is 0 Å². The topological polar surface area (TPSA) is 86.8 Å². The minimum absolute atomic E-state index is 0.00685. The molecule has 7 nitrogen and oxygen atoms in total. The molecule has 0 aromatic heterocycles. The average Bonchev–Trinajstić information content (AvgIpc) is 2.99. The number of amides is 2. The molecule has 0 bridgehead atoms. The molecule has 4 rings (SSSR count). The molecule has 0 fully saturated rings. The Morgan fingerprint density at radius 3 is 2.02 bits per heavy atom. The number of nitrogens with one attached hydrogen (secondary N) is 1. The zero-order valence-electron chi connectivity index (χ0n) is 25.7. The number of carbonyl (C=O) groups excluding carboxylic acids is 2. The van der Waals surface area contributed by atoms with Crippen molar-refractivity contribution in [2.75, 3.05) is 10.8 Å². The Labute approximate surface area is 269 Å². The van der Waals surface area contributed by atoms with Crippen LogP contribution in [0, 0.1) is 12.7 Å². The second-order valence-corrected chi connectivity index (χ2v) is 14.2. The molecule has 236 valence electrons. The Kier molecular flexibility index (Phi) is 10.7. The van der Waals surface area contributed by atoms with Gasteiger partial charge in [-0.1, -0.05) is 71.8 Å². The van der Waals surface area contributed by atoms with E-state index >= 15 is 0 Å². The van der Waals surface area contributed by atoms with Gasteiger partial charge in [0.1, 0.15) is 18.4 Å². The number of hydrogen-bond donors (Lipinski definition) is 1. The highest BCUT2D eigenvalue weighted by atomic mass is 35.5. The zero-order valence-corrected chi connectivity index (χ0v) is 27.3. The van der Waals surface area contributed by atoms with Gasteiger partial charge in [0.05, 0.1) is 10.6 Å². The fourth-order valence-electron chi connectivity index (χ4n) is 4.77. The van der Waals surface area contributed by atoms with Gasteiger partial charge in [-0.05, 0) is 87.4 Å². The van der Waals surface area contributed by atoms with E-state index in [4.69, 9.17) is 11.6 Å². The van der Waals surface area contributed by atoms with Crippen molar-refractivity contribution in [1.29, 1.82) is 0 Å². The lowest BCUT2D eigenvalue weighted by molar-refractivity contribution is -0.140. The van der Waals surface area contributed by atoms with Crippen LogP contribution in [0.5, 0.6) is 0 Å². The number of halogens is 2. The van der Waals surface area contributed by atoms with Crippen LogP contribution in [0.25, 0.3) is 0 Å². The van der Waals surface area contributed by atoms with Gasteiger partial charge in [0, 0.05) is 23.5 Å². The van der Waals surface area contributed by atoms with Crippen LogP contribution < -0.4 is 9.62 Å². The maximum atomic E-state index is 14.4. The molecule has 10 heteroatoms. The highest BCUT2D eigenvalue weighted by Gasteiger charge is 2.35. The second kappa shape index (κ2) is 14.3. The van der Waals surface area contributed by atoms with Gasteiger partial charge in [-0.2, -0.15) is 0 Å². The predicted octanol–water partition coefficient (Wildman–Crippen LogP) is 6.54.